The Kier molecular flexibility index (Phi) is 56.8. The maximum absolute atomic E-state index is 8.93. The van der Waals surface area contributed by atoms with E-state index in [1.54, 1.807) is 0 Å². The van der Waals surface area contributed by atoms with Crippen LogP contribution >= 0.6 is 0 Å². The molecule has 0 saturated carbocycles. The number of carboxylic acid groups (broad SMARTS) is 10. The molecule has 0 bridgehead atoms. The van der Waals surface area contributed by atoms with Crippen molar-refractivity contribution in [3.05, 3.63) is 0 Å². The first-order chi connectivity index (χ1) is 13.2. The molecule has 0 saturated heterocycles. The average Bonchev–Trinajstić information content (AvgIpc) is 2.56. The second-order valence-electron chi connectivity index (χ2n) is 2.87. The quantitative estimate of drug-likeness (QED) is 0.180. The second kappa shape index (κ2) is 33.7. The molecule has 22 nitrogen and oxygen atoms in total. The Bertz CT molecular complexity index is 519. The molecule has 0 aromatic heterocycles. The van der Waals surface area contributed by atoms with Crippen molar-refractivity contribution >= 4 is 59.7 Å². The van der Waals surface area contributed by atoms with Crippen LogP contribution in [0.3, 0.4) is 0 Å². The molecule has 0 aliphatic rings. The molecule has 0 spiro atoms. The van der Waals surface area contributed by atoms with Gasteiger partial charge in [0.15, 0.2) is 0 Å². The van der Waals surface area contributed by atoms with Gasteiger partial charge in [-0.2, -0.15) is 0 Å². The minimum absolute atomic E-state index is 0. The van der Waals surface area contributed by atoms with Gasteiger partial charge in [-0.05, 0) is 0 Å². The van der Waals surface area contributed by atoms with Crippen LogP contribution in [-0.4, -0.2) is 59.7 Å². The molecule has 0 atom stereocenters. The molecule has 0 aliphatic heterocycles. The first-order valence-electron chi connectivity index (χ1n) is 5.33. The summed E-state index contributed by atoms with van der Waals surface area (Å²) in [6.07, 6.45) is 0. The fourth-order valence-corrected chi connectivity index (χ4v) is 0. The smallest absolute Gasteiger partial charge is 0.543 e. The van der Waals surface area contributed by atoms with E-state index in [2.05, 4.69) is 0 Å². The number of carboxylic acids is 10. The summed E-state index contributed by atoms with van der Waals surface area (Å²) in [5.41, 5.74) is 0. The van der Waals surface area contributed by atoms with Gasteiger partial charge < -0.3 is 111 Å². The molecule has 34 heavy (non-hydrogen) atoms. The number of carbonyl (C=O) groups excluding carboxylic acids is 10. The van der Waals surface area contributed by atoms with Crippen molar-refractivity contribution in [1.29, 1.82) is 0 Å². The molecule has 6 N–H and O–H groups in total. The first kappa shape index (κ1) is 57.3. The van der Waals surface area contributed by atoms with E-state index >= 15 is 0 Å². The summed E-state index contributed by atoms with van der Waals surface area (Å²) < 4.78 is 0. The van der Waals surface area contributed by atoms with Crippen molar-refractivity contribution in [3.8, 4) is 0 Å². The Morgan fingerprint density at radius 3 is 0.265 bits per heavy atom. The van der Waals surface area contributed by atoms with Crippen molar-refractivity contribution in [3.63, 3.8) is 0 Å². The fraction of sp³-hybridized carbons (Fsp3) is 0. The van der Waals surface area contributed by atoms with Crippen LogP contribution in [0.5, 0.6) is 0 Å². The topological polar surface area (TPSA) is 471 Å². The molecule has 0 rings (SSSR count). The molecule has 0 aliphatic carbocycles. The van der Waals surface area contributed by atoms with Crippen molar-refractivity contribution in [2.45, 2.75) is 0 Å². The number of aliphatic carboxylic acids is 10. The van der Waals surface area contributed by atoms with Gasteiger partial charge in [0.05, 0.1) is 59.7 Å². The molecular weight excluding hydrogens is 654 g/mol. The van der Waals surface area contributed by atoms with Gasteiger partial charge in [-0.15, -0.1) is 0 Å². The molecule has 0 unspecified atom stereocenters. The minimum atomic E-state index is -2.19. The summed E-state index contributed by atoms with van der Waals surface area (Å²) in [6.45, 7) is 0. The summed E-state index contributed by atoms with van der Waals surface area (Å²) in [5, 5.41) is 89.3. The van der Waals surface area contributed by atoms with E-state index in [4.69, 9.17) is 99.0 Å². The van der Waals surface area contributed by atoms with Crippen LogP contribution < -0.4 is 63.4 Å². The van der Waals surface area contributed by atoms with Gasteiger partial charge in [-0.3, -0.25) is 0 Å². The zero-order valence-corrected chi connectivity index (χ0v) is 19.9. The Morgan fingerprint density at radius 2 is 0.265 bits per heavy atom. The third-order valence-corrected chi connectivity index (χ3v) is 0.833. The summed E-state index contributed by atoms with van der Waals surface area (Å²) in [4.78, 5) is 89.3. The third-order valence-electron chi connectivity index (χ3n) is 0.833. The zero-order chi connectivity index (χ0) is 25.8. The van der Waals surface area contributed by atoms with E-state index in [-0.39, 0.29) is 57.1 Å². The number of hydrogen-bond donors (Lipinski definition) is 2. The summed E-state index contributed by atoms with van der Waals surface area (Å²) in [7, 11) is 0. The van der Waals surface area contributed by atoms with Gasteiger partial charge in [0.1, 0.15) is 0 Å². The van der Waals surface area contributed by atoms with E-state index < -0.39 is 59.7 Å². The average molecular weight is 660 g/mol. The standard InChI is InChI=1S/5C2H2O4.2H3N.2Nb/c5*3-1(4)2(5)6;;;;/h5*(H,3,4)(H,5,6);2*1H3;;/q;;;;;;;2*+5/p-10. The van der Waals surface area contributed by atoms with Crippen molar-refractivity contribution in [2.75, 3.05) is 0 Å². The van der Waals surface area contributed by atoms with E-state index in [9.17, 15) is 0 Å². The molecule has 0 amide bonds. The Hall–Kier alpha value is -3.90. The normalized spacial score (nSPS) is 6.47. The van der Waals surface area contributed by atoms with E-state index in [0.29, 0.717) is 0 Å². The first-order valence-corrected chi connectivity index (χ1v) is 5.33. The second-order valence-corrected chi connectivity index (χ2v) is 2.87. The van der Waals surface area contributed by atoms with Gasteiger partial charge in [0.25, 0.3) is 0 Å². The van der Waals surface area contributed by atoms with Crippen molar-refractivity contribution in [2.24, 2.45) is 0 Å². The predicted octanol–water partition coefficient (Wildman–Crippen LogP) is -17.2. The maximum atomic E-state index is 8.93. The van der Waals surface area contributed by atoms with Gasteiger partial charge in [0.2, 0.25) is 0 Å². The molecular formula is C10H6N2Nb2O20. The van der Waals surface area contributed by atoms with Gasteiger partial charge in [0, 0.05) is 0 Å². The van der Waals surface area contributed by atoms with Crippen LogP contribution in [0.25, 0.3) is 0 Å². The third kappa shape index (κ3) is 79.6. The van der Waals surface area contributed by atoms with Crippen molar-refractivity contribution in [1.82, 2.24) is 12.3 Å². The molecule has 0 radical (unpaired) electrons. The van der Waals surface area contributed by atoms with E-state index in [1.807, 2.05) is 0 Å². The molecule has 24 heteroatoms. The largest absolute Gasteiger partial charge is 5.00 e. The van der Waals surface area contributed by atoms with Gasteiger partial charge in [-0.25, -0.2) is 0 Å². The minimum Gasteiger partial charge on any atom is -0.543 e. The monoisotopic (exact) mass is 660 g/mol. The van der Waals surface area contributed by atoms with Crippen LogP contribution in [0.1, 0.15) is 0 Å². The van der Waals surface area contributed by atoms with Gasteiger partial charge >= 0.3 is 44.8 Å². The van der Waals surface area contributed by atoms with Crippen LogP contribution in [0, 0.1) is 0 Å². The van der Waals surface area contributed by atoms with E-state index in [0.717, 1.165) is 0 Å². The maximum Gasteiger partial charge on any atom is 5.00 e. The number of hydrogen-bond acceptors (Lipinski definition) is 22. The number of carbonyl (C=O) groups is 10. The molecule has 0 fully saturated rings. The van der Waals surface area contributed by atoms with Crippen molar-refractivity contribution < 1.29 is 144 Å². The number of rotatable bonds is 0. The Labute approximate surface area is 215 Å². The molecule has 0 heterocycles. The van der Waals surface area contributed by atoms with Crippen LogP contribution in [0.2, 0.25) is 0 Å². The zero-order valence-electron chi connectivity index (χ0n) is 15.5. The van der Waals surface area contributed by atoms with Crippen LogP contribution in [-0.2, 0) is 92.7 Å². The summed E-state index contributed by atoms with van der Waals surface area (Å²) in [6, 6.07) is 0. The van der Waals surface area contributed by atoms with Crippen LogP contribution in [0.4, 0.5) is 0 Å². The predicted molar refractivity (Wildman–Crippen MR) is 60.1 cm³/mol. The molecule has 186 valence electrons. The van der Waals surface area contributed by atoms with Gasteiger partial charge in [-0.1, -0.05) is 0 Å². The Balaban J connectivity index is -0.0000000319. The van der Waals surface area contributed by atoms with Crippen LogP contribution in [0.15, 0.2) is 0 Å². The molecule has 0 aromatic carbocycles. The summed E-state index contributed by atoms with van der Waals surface area (Å²) >= 11 is 0. The SMILES string of the molecule is N.N.O=C([O-])C(=O)[O-].O=C([O-])C(=O)[O-].O=C([O-])C(=O)[O-].O=C([O-])C(=O)[O-].O=C([O-])C(=O)[O-].[Nb+5].[Nb+5]. The van der Waals surface area contributed by atoms with E-state index in [1.165, 1.54) is 0 Å². The Morgan fingerprint density at radius 1 is 0.235 bits per heavy atom. The fourth-order valence-electron chi connectivity index (χ4n) is 0. The summed E-state index contributed by atoms with van der Waals surface area (Å²) in [5.74, 6) is -21.9. The molecule has 0 aromatic rings.